The topological polar surface area (TPSA) is 168 Å². The molecule has 0 fully saturated rings. The summed E-state index contributed by atoms with van der Waals surface area (Å²) in [6.45, 7) is 3.04. The van der Waals surface area contributed by atoms with Crippen molar-refractivity contribution in [3.63, 3.8) is 0 Å². The molecule has 2 atom stereocenters. The second-order valence-corrected chi connectivity index (χ2v) is 9.05. The minimum absolute atomic E-state index is 0.0409. The molecule has 0 aliphatic rings. The summed E-state index contributed by atoms with van der Waals surface area (Å²) >= 11 is 6.08. The van der Waals surface area contributed by atoms with Crippen LogP contribution in [0, 0.1) is 5.92 Å². The van der Waals surface area contributed by atoms with Crippen molar-refractivity contribution in [1.82, 2.24) is 15.6 Å². The number of hydrogen-bond donors (Lipinski definition) is 4. The van der Waals surface area contributed by atoms with Crippen molar-refractivity contribution in [2.75, 3.05) is 6.54 Å². The molecule has 5 N–H and O–H groups in total. The molecule has 0 bridgehead atoms. The Morgan fingerprint density at radius 2 is 1.84 bits per heavy atom. The van der Waals surface area contributed by atoms with Crippen LogP contribution in [0.4, 0.5) is 0 Å². The largest absolute Gasteiger partial charge is 0.491 e. The minimum atomic E-state index is -1.63. The quantitative estimate of drug-likeness (QED) is 0.213. The van der Waals surface area contributed by atoms with Crippen LogP contribution in [0.2, 0.25) is 5.02 Å². The molecule has 0 spiro atoms. The predicted molar refractivity (Wildman–Crippen MR) is 133 cm³/mol. The lowest BCUT2D eigenvalue weighted by Gasteiger charge is -2.26. The van der Waals surface area contributed by atoms with E-state index in [1.165, 1.54) is 5.01 Å². The molecule has 1 heterocycles. The van der Waals surface area contributed by atoms with Gasteiger partial charge in [0.15, 0.2) is 0 Å². The van der Waals surface area contributed by atoms with Gasteiger partial charge in [-0.25, -0.2) is 9.80 Å². The van der Waals surface area contributed by atoms with Crippen LogP contribution in [0.15, 0.2) is 59.1 Å². The highest BCUT2D eigenvalue weighted by Crippen LogP contribution is 2.23. The van der Waals surface area contributed by atoms with E-state index in [0.29, 0.717) is 10.6 Å². The van der Waals surface area contributed by atoms with Crippen LogP contribution in [0.25, 0.3) is 11.1 Å². The molecule has 12 heteroatoms. The van der Waals surface area contributed by atoms with E-state index < -0.39 is 42.4 Å². The van der Waals surface area contributed by atoms with E-state index in [9.17, 15) is 24.6 Å². The number of carboxylic acid groups (broad SMARTS) is 1. The van der Waals surface area contributed by atoms with Gasteiger partial charge in [-0.05, 0) is 39.9 Å². The molecule has 0 saturated carbocycles. The number of hydrogen-bond acceptors (Lipinski definition) is 9. The standard InChI is InChI=1S/C25H27ClN4O7/c1-14(2)22(27)25(35)36-20(24(33)34)13-30(28-23(32)19-11-21(31)29-37-19)12-15-6-8-16(9-7-15)17-4-3-5-18(26)10-17/h3-11,14,20,22H,12-13,27H2,1-2H3,(H,28,32)(H,29,31)(H,33,34)/t20-,22+/m1/s1. The fourth-order valence-electron chi connectivity index (χ4n) is 3.27. The molecule has 196 valence electrons. The molecule has 37 heavy (non-hydrogen) atoms. The lowest BCUT2D eigenvalue weighted by Crippen LogP contribution is -2.50. The molecule has 0 aliphatic heterocycles. The summed E-state index contributed by atoms with van der Waals surface area (Å²) < 4.78 is 9.90. The van der Waals surface area contributed by atoms with Gasteiger partial charge in [0.25, 0.3) is 5.88 Å². The zero-order valence-corrected chi connectivity index (χ0v) is 20.9. The molecular formula is C25H27ClN4O7. The third kappa shape index (κ3) is 7.78. The molecule has 0 aliphatic carbocycles. The number of aromatic hydroxyl groups is 1. The van der Waals surface area contributed by atoms with E-state index in [-0.39, 0.29) is 18.2 Å². The Balaban J connectivity index is 1.80. The van der Waals surface area contributed by atoms with E-state index in [4.69, 9.17) is 26.6 Å². The number of carboxylic acids is 1. The summed E-state index contributed by atoms with van der Waals surface area (Å²) in [5.41, 5.74) is 10.8. The van der Waals surface area contributed by atoms with Gasteiger partial charge in [-0.3, -0.25) is 15.0 Å². The second-order valence-electron chi connectivity index (χ2n) is 8.61. The molecule has 0 radical (unpaired) electrons. The van der Waals surface area contributed by atoms with Crippen molar-refractivity contribution in [2.45, 2.75) is 32.5 Å². The highest BCUT2D eigenvalue weighted by Gasteiger charge is 2.30. The van der Waals surface area contributed by atoms with Crippen LogP contribution in [-0.2, 0) is 20.9 Å². The Kier molecular flexibility index (Phi) is 9.23. The average molecular weight is 531 g/mol. The maximum Gasteiger partial charge on any atom is 0.346 e. The highest BCUT2D eigenvalue weighted by atomic mass is 35.5. The number of nitrogens with one attached hydrogen (secondary N) is 1. The van der Waals surface area contributed by atoms with Crippen LogP contribution in [0.5, 0.6) is 5.88 Å². The first-order chi connectivity index (χ1) is 17.5. The summed E-state index contributed by atoms with van der Waals surface area (Å²) in [6.07, 6.45) is -1.63. The number of hydrazine groups is 1. The van der Waals surface area contributed by atoms with Crippen LogP contribution in [0.3, 0.4) is 0 Å². The van der Waals surface area contributed by atoms with Crippen molar-refractivity contribution < 1.29 is 33.9 Å². The third-order valence-electron chi connectivity index (χ3n) is 5.38. The van der Waals surface area contributed by atoms with Gasteiger partial charge in [-0.15, -0.1) is 0 Å². The van der Waals surface area contributed by atoms with Crippen molar-refractivity contribution in [3.05, 3.63) is 70.9 Å². The van der Waals surface area contributed by atoms with Gasteiger partial charge in [0, 0.05) is 11.6 Å². The van der Waals surface area contributed by atoms with E-state index in [2.05, 4.69) is 10.6 Å². The van der Waals surface area contributed by atoms with E-state index in [0.717, 1.165) is 17.2 Å². The molecule has 11 nitrogen and oxygen atoms in total. The van der Waals surface area contributed by atoms with E-state index in [1.807, 2.05) is 30.3 Å². The molecule has 1 aromatic heterocycles. The zero-order chi connectivity index (χ0) is 27.1. The van der Waals surface area contributed by atoms with Crippen LogP contribution in [-0.4, -0.2) is 56.9 Å². The van der Waals surface area contributed by atoms with Crippen LogP contribution in [0.1, 0.15) is 30.0 Å². The summed E-state index contributed by atoms with van der Waals surface area (Å²) in [5, 5.41) is 24.1. The maximum atomic E-state index is 12.6. The lowest BCUT2D eigenvalue weighted by atomic mass is 10.0. The first kappa shape index (κ1) is 27.7. The Hall–Kier alpha value is -3.93. The summed E-state index contributed by atoms with van der Waals surface area (Å²) in [7, 11) is 0. The normalized spacial score (nSPS) is 12.8. The van der Waals surface area contributed by atoms with Crippen molar-refractivity contribution in [3.8, 4) is 17.0 Å². The van der Waals surface area contributed by atoms with Gasteiger partial charge in [-0.1, -0.05) is 61.8 Å². The molecule has 3 rings (SSSR count). The number of benzene rings is 2. The monoisotopic (exact) mass is 530 g/mol. The number of halogens is 1. The van der Waals surface area contributed by atoms with Crippen molar-refractivity contribution in [1.29, 1.82) is 0 Å². The fraction of sp³-hybridized carbons (Fsp3) is 0.280. The number of aromatic nitrogens is 1. The highest BCUT2D eigenvalue weighted by molar-refractivity contribution is 6.30. The maximum absolute atomic E-state index is 12.6. The summed E-state index contributed by atoms with van der Waals surface area (Å²) in [4.78, 5) is 36.8. The van der Waals surface area contributed by atoms with Gasteiger partial charge >= 0.3 is 17.8 Å². The number of ether oxygens (including phenoxy) is 1. The van der Waals surface area contributed by atoms with Gasteiger partial charge in [0.05, 0.1) is 12.6 Å². The Bertz CT molecular complexity index is 1250. The third-order valence-corrected chi connectivity index (χ3v) is 5.61. The van der Waals surface area contributed by atoms with Gasteiger partial charge in [0.1, 0.15) is 6.04 Å². The Morgan fingerprint density at radius 1 is 1.14 bits per heavy atom. The smallest absolute Gasteiger partial charge is 0.346 e. The number of nitrogens with zero attached hydrogens (tertiary/aromatic N) is 2. The molecule has 3 aromatic rings. The second kappa shape index (κ2) is 12.3. The molecule has 1 amide bonds. The number of nitrogens with two attached hydrogens (primary N) is 1. The van der Waals surface area contributed by atoms with Gasteiger partial charge in [-0.2, -0.15) is 0 Å². The van der Waals surface area contributed by atoms with Crippen molar-refractivity contribution in [2.24, 2.45) is 11.7 Å². The SMILES string of the molecule is CC(C)[C@H](N)C(=O)O[C@H](CN(Cc1ccc(-c2cccc(Cl)c2)cc1)NC(=O)c1cc(O)no1)C(=O)O. The molecule has 0 unspecified atom stereocenters. The lowest BCUT2D eigenvalue weighted by molar-refractivity contribution is -0.167. The van der Waals surface area contributed by atoms with E-state index >= 15 is 0 Å². The first-order valence-electron chi connectivity index (χ1n) is 11.3. The average Bonchev–Trinajstić information content (AvgIpc) is 3.29. The first-order valence-corrected chi connectivity index (χ1v) is 11.7. The Morgan fingerprint density at radius 3 is 2.41 bits per heavy atom. The molecule has 0 saturated heterocycles. The number of carbonyl (C=O) groups is 3. The minimum Gasteiger partial charge on any atom is -0.491 e. The Labute approximate surface area is 217 Å². The molecular weight excluding hydrogens is 504 g/mol. The van der Waals surface area contributed by atoms with Crippen LogP contribution < -0.4 is 11.2 Å². The number of amides is 1. The van der Waals surface area contributed by atoms with Gasteiger partial charge < -0.3 is 25.2 Å². The fourth-order valence-corrected chi connectivity index (χ4v) is 3.46. The summed E-state index contributed by atoms with van der Waals surface area (Å²) in [5.74, 6) is -4.15. The van der Waals surface area contributed by atoms with E-state index in [1.54, 1.807) is 32.0 Å². The molecule has 2 aromatic carbocycles. The number of aliphatic carboxylic acids is 1. The zero-order valence-electron chi connectivity index (χ0n) is 20.1. The predicted octanol–water partition coefficient (Wildman–Crippen LogP) is 2.83. The van der Waals surface area contributed by atoms with Gasteiger partial charge in [0.2, 0.25) is 11.9 Å². The number of esters is 1. The number of carbonyl (C=O) groups excluding carboxylic acids is 2. The number of rotatable bonds is 11. The summed E-state index contributed by atoms with van der Waals surface area (Å²) in [6, 6.07) is 14.6. The van der Waals surface area contributed by atoms with Crippen molar-refractivity contribution >= 4 is 29.4 Å². The van der Waals surface area contributed by atoms with Crippen LogP contribution >= 0.6 is 11.6 Å².